The van der Waals surface area contributed by atoms with Crippen LogP contribution < -0.4 is 15.4 Å². The van der Waals surface area contributed by atoms with Gasteiger partial charge in [-0.25, -0.2) is 8.42 Å². The molecule has 196 valence electrons. The van der Waals surface area contributed by atoms with Crippen LogP contribution in [0.4, 0.5) is 0 Å². The molecule has 1 fully saturated rings. The number of nitrogens with zero attached hydrogens (tertiary/aromatic N) is 1. The van der Waals surface area contributed by atoms with Crippen LogP contribution in [0.5, 0.6) is 5.75 Å². The van der Waals surface area contributed by atoms with Crippen LogP contribution in [-0.4, -0.2) is 69.0 Å². The fraction of sp³-hybridized carbons (Fsp3) is 0.462. The molecule has 2 aromatic carbocycles. The Morgan fingerprint density at radius 2 is 1.78 bits per heavy atom. The SMILES string of the molecule is CNC(=O)CCC(=O)N[C@@H](Cc1ccccc1)[C@H](O)CN(CC1CC1)S(=O)(=O)c1cccc(OC)c1. The number of methoxy groups -OCH3 is 1. The highest BCUT2D eigenvalue weighted by molar-refractivity contribution is 7.89. The van der Waals surface area contributed by atoms with Gasteiger partial charge in [0.2, 0.25) is 21.8 Å². The molecule has 36 heavy (non-hydrogen) atoms. The summed E-state index contributed by atoms with van der Waals surface area (Å²) in [6.07, 6.45) is 0.992. The summed E-state index contributed by atoms with van der Waals surface area (Å²) in [4.78, 5) is 24.2. The number of carbonyl (C=O) groups is 2. The van der Waals surface area contributed by atoms with Gasteiger partial charge in [0.15, 0.2) is 0 Å². The average molecular weight is 518 g/mol. The highest BCUT2D eigenvalue weighted by Gasteiger charge is 2.35. The summed E-state index contributed by atoms with van der Waals surface area (Å²) in [7, 11) is -0.946. The number of hydrogen-bond acceptors (Lipinski definition) is 6. The van der Waals surface area contributed by atoms with Crippen molar-refractivity contribution < 1.29 is 27.9 Å². The molecule has 2 amide bonds. The molecule has 0 unspecified atom stereocenters. The van der Waals surface area contributed by atoms with E-state index in [0.29, 0.717) is 18.7 Å². The van der Waals surface area contributed by atoms with Gasteiger partial charge in [-0.3, -0.25) is 9.59 Å². The van der Waals surface area contributed by atoms with E-state index in [1.807, 2.05) is 30.3 Å². The highest BCUT2D eigenvalue weighted by atomic mass is 32.2. The largest absolute Gasteiger partial charge is 0.497 e. The number of benzene rings is 2. The van der Waals surface area contributed by atoms with Crippen molar-refractivity contribution in [3.05, 3.63) is 60.2 Å². The number of hydrogen-bond donors (Lipinski definition) is 3. The Labute approximate surface area is 212 Å². The third-order valence-electron chi connectivity index (χ3n) is 6.20. The number of aliphatic hydroxyl groups excluding tert-OH is 1. The Kier molecular flexibility index (Phi) is 9.86. The topological polar surface area (TPSA) is 125 Å². The quantitative estimate of drug-likeness (QED) is 0.350. The molecule has 2 atom stereocenters. The van der Waals surface area contributed by atoms with E-state index in [2.05, 4.69) is 10.6 Å². The lowest BCUT2D eigenvalue weighted by molar-refractivity contribution is -0.127. The molecular weight excluding hydrogens is 482 g/mol. The first kappa shape index (κ1) is 27.6. The van der Waals surface area contributed by atoms with Gasteiger partial charge in [0.1, 0.15) is 5.75 Å². The number of sulfonamides is 1. The molecule has 3 N–H and O–H groups in total. The maximum Gasteiger partial charge on any atom is 0.243 e. The predicted octanol–water partition coefficient (Wildman–Crippen LogP) is 1.71. The van der Waals surface area contributed by atoms with Crippen LogP contribution in [0.1, 0.15) is 31.2 Å². The molecule has 3 rings (SSSR count). The van der Waals surface area contributed by atoms with Gasteiger partial charge in [0.05, 0.1) is 24.2 Å². The van der Waals surface area contributed by atoms with Crippen LogP contribution >= 0.6 is 0 Å². The normalized spacial score (nSPS) is 15.2. The molecule has 2 aromatic rings. The minimum atomic E-state index is -3.92. The maximum absolute atomic E-state index is 13.5. The molecule has 0 radical (unpaired) electrons. The molecule has 0 bridgehead atoms. The molecular formula is C26H35N3O6S. The summed E-state index contributed by atoms with van der Waals surface area (Å²) >= 11 is 0. The lowest BCUT2D eigenvalue weighted by Gasteiger charge is -2.30. The zero-order valence-corrected chi connectivity index (χ0v) is 21.5. The number of rotatable bonds is 14. The molecule has 1 saturated carbocycles. The first-order chi connectivity index (χ1) is 17.2. The zero-order chi connectivity index (χ0) is 26.1. The standard InChI is InChI=1S/C26H35N3O6S/c1-27-25(31)13-14-26(32)28-23(15-19-7-4-3-5-8-19)24(30)18-29(17-20-11-12-20)36(33,34)22-10-6-9-21(16-22)35-2/h3-10,16,20,23-24,30H,11-15,17-18H2,1-2H3,(H,27,31)(H,28,32)/t23-,24+/m0/s1. The number of nitrogens with one attached hydrogen (secondary N) is 2. The molecule has 10 heteroatoms. The van der Waals surface area contributed by atoms with E-state index in [1.54, 1.807) is 12.1 Å². The second-order valence-electron chi connectivity index (χ2n) is 9.05. The fourth-order valence-electron chi connectivity index (χ4n) is 3.89. The van der Waals surface area contributed by atoms with Crippen LogP contribution in [-0.2, 0) is 26.0 Å². The van der Waals surface area contributed by atoms with Gasteiger partial charge in [-0.05, 0) is 42.9 Å². The number of aliphatic hydroxyl groups is 1. The Hall–Kier alpha value is -2.95. The average Bonchev–Trinajstić information content (AvgIpc) is 3.71. The number of amides is 2. The third kappa shape index (κ3) is 8.04. The van der Waals surface area contributed by atoms with Crippen molar-refractivity contribution in [1.29, 1.82) is 0 Å². The second-order valence-corrected chi connectivity index (χ2v) is 11.0. The molecule has 0 aromatic heterocycles. The Balaban J connectivity index is 1.80. The van der Waals surface area contributed by atoms with Crippen molar-refractivity contribution in [2.24, 2.45) is 5.92 Å². The van der Waals surface area contributed by atoms with E-state index in [9.17, 15) is 23.1 Å². The lowest BCUT2D eigenvalue weighted by atomic mass is 10.0. The smallest absolute Gasteiger partial charge is 0.243 e. The molecule has 9 nitrogen and oxygen atoms in total. The summed E-state index contributed by atoms with van der Waals surface area (Å²) in [6.45, 7) is 0.114. The minimum Gasteiger partial charge on any atom is -0.497 e. The third-order valence-corrected chi connectivity index (χ3v) is 8.02. The summed E-state index contributed by atoms with van der Waals surface area (Å²) in [5.74, 6) is 0.0221. The summed E-state index contributed by atoms with van der Waals surface area (Å²) < 4.78 is 33.6. The summed E-state index contributed by atoms with van der Waals surface area (Å²) in [5, 5.41) is 16.5. The van der Waals surface area contributed by atoms with Crippen LogP contribution in [0.2, 0.25) is 0 Å². The van der Waals surface area contributed by atoms with Crippen molar-refractivity contribution in [2.45, 2.75) is 49.1 Å². The molecule has 0 aliphatic heterocycles. The van der Waals surface area contributed by atoms with Crippen LogP contribution in [0.15, 0.2) is 59.5 Å². The van der Waals surface area contributed by atoms with Crippen LogP contribution in [0, 0.1) is 5.92 Å². The lowest BCUT2D eigenvalue weighted by Crippen LogP contribution is -2.51. The molecule has 0 heterocycles. The van der Waals surface area contributed by atoms with Crippen LogP contribution in [0.25, 0.3) is 0 Å². The minimum absolute atomic E-state index is 0.0223. The molecule has 1 aliphatic rings. The van der Waals surface area contributed by atoms with E-state index >= 15 is 0 Å². The van der Waals surface area contributed by atoms with Gasteiger partial charge in [0.25, 0.3) is 0 Å². The molecule has 0 saturated heterocycles. The second kappa shape index (κ2) is 12.8. The van der Waals surface area contributed by atoms with E-state index in [4.69, 9.17) is 4.74 Å². The van der Waals surface area contributed by atoms with E-state index in [1.165, 1.54) is 30.6 Å². The monoisotopic (exact) mass is 517 g/mol. The summed E-state index contributed by atoms with van der Waals surface area (Å²) in [5.41, 5.74) is 0.887. The predicted molar refractivity (Wildman–Crippen MR) is 136 cm³/mol. The zero-order valence-electron chi connectivity index (χ0n) is 20.7. The van der Waals surface area contributed by atoms with Crippen molar-refractivity contribution in [3.63, 3.8) is 0 Å². The van der Waals surface area contributed by atoms with Gasteiger partial charge >= 0.3 is 0 Å². The van der Waals surface area contributed by atoms with Crippen molar-refractivity contribution >= 4 is 21.8 Å². The maximum atomic E-state index is 13.5. The van der Waals surface area contributed by atoms with E-state index in [-0.39, 0.29) is 42.0 Å². The van der Waals surface area contributed by atoms with Gasteiger partial charge in [-0.2, -0.15) is 4.31 Å². The first-order valence-electron chi connectivity index (χ1n) is 12.1. The van der Waals surface area contributed by atoms with Gasteiger partial charge in [0, 0.05) is 39.0 Å². The van der Waals surface area contributed by atoms with Crippen molar-refractivity contribution in [2.75, 3.05) is 27.2 Å². The highest BCUT2D eigenvalue weighted by Crippen LogP contribution is 2.32. The number of carbonyl (C=O) groups excluding carboxylic acids is 2. The van der Waals surface area contributed by atoms with Crippen molar-refractivity contribution in [3.8, 4) is 5.75 Å². The van der Waals surface area contributed by atoms with E-state index < -0.39 is 22.2 Å². The molecule has 1 aliphatic carbocycles. The summed E-state index contributed by atoms with van der Waals surface area (Å²) in [6, 6.07) is 14.9. The Morgan fingerprint density at radius 3 is 2.42 bits per heavy atom. The number of ether oxygens (including phenoxy) is 1. The van der Waals surface area contributed by atoms with E-state index in [0.717, 1.165) is 18.4 Å². The fourth-order valence-corrected chi connectivity index (χ4v) is 5.46. The van der Waals surface area contributed by atoms with Gasteiger partial charge < -0.3 is 20.5 Å². The van der Waals surface area contributed by atoms with Crippen LogP contribution in [0.3, 0.4) is 0 Å². The van der Waals surface area contributed by atoms with Gasteiger partial charge in [-0.1, -0.05) is 36.4 Å². The van der Waals surface area contributed by atoms with Crippen molar-refractivity contribution in [1.82, 2.24) is 14.9 Å². The molecule has 0 spiro atoms. The Bertz CT molecular complexity index is 1120. The Morgan fingerprint density at radius 1 is 1.08 bits per heavy atom. The first-order valence-corrected chi connectivity index (χ1v) is 13.5. The van der Waals surface area contributed by atoms with Gasteiger partial charge in [-0.15, -0.1) is 0 Å².